The Morgan fingerprint density at radius 3 is 2.62 bits per heavy atom. The van der Waals surface area contributed by atoms with E-state index in [2.05, 4.69) is 12.2 Å². The minimum Gasteiger partial charge on any atom is -0.339 e. The van der Waals surface area contributed by atoms with Crippen molar-refractivity contribution in [3.8, 4) is 0 Å². The Hall–Kier alpha value is -0.770. The van der Waals surface area contributed by atoms with Crippen molar-refractivity contribution in [2.24, 2.45) is 0 Å². The highest BCUT2D eigenvalue weighted by Gasteiger charge is 2.24. The van der Waals surface area contributed by atoms with Crippen LogP contribution < -0.4 is 5.32 Å². The van der Waals surface area contributed by atoms with Gasteiger partial charge in [-0.3, -0.25) is 4.79 Å². The fourth-order valence-electron chi connectivity index (χ4n) is 2.80. The molecule has 5 heteroatoms. The van der Waals surface area contributed by atoms with E-state index in [9.17, 15) is 4.79 Å². The van der Waals surface area contributed by atoms with Crippen LogP contribution in [-0.2, 0) is 11.2 Å². The zero-order chi connectivity index (χ0) is 15.2. The van der Waals surface area contributed by atoms with Crippen LogP contribution in [0.2, 0.25) is 10.0 Å². The Bertz CT molecular complexity index is 487. The minimum absolute atomic E-state index is 0.183. The Morgan fingerprint density at radius 1 is 1.29 bits per heavy atom. The predicted octanol–water partition coefficient (Wildman–Crippen LogP) is 3.53. The lowest BCUT2D eigenvalue weighted by atomic mass is 10.0. The summed E-state index contributed by atoms with van der Waals surface area (Å²) in [5, 5.41) is 4.37. The van der Waals surface area contributed by atoms with E-state index < -0.39 is 0 Å². The van der Waals surface area contributed by atoms with E-state index in [1.807, 2.05) is 11.0 Å². The quantitative estimate of drug-likeness (QED) is 0.896. The van der Waals surface area contributed by atoms with Crippen molar-refractivity contribution in [1.82, 2.24) is 10.2 Å². The lowest BCUT2D eigenvalue weighted by Gasteiger charge is -2.34. The molecule has 1 fully saturated rings. The Kier molecular flexibility index (Phi) is 6.34. The van der Waals surface area contributed by atoms with Crippen LogP contribution in [0.4, 0.5) is 0 Å². The van der Waals surface area contributed by atoms with Crippen LogP contribution in [-0.4, -0.2) is 36.5 Å². The molecule has 0 saturated carbocycles. The first-order valence-electron chi connectivity index (χ1n) is 7.56. The van der Waals surface area contributed by atoms with Crippen molar-refractivity contribution in [2.75, 3.05) is 19.6 Å². The number of benzene rings is 1. The predicted molar refractivity (Wildman–Crippen MR) is 88.1 cm³/mol. The van der Waals surface area contributed by atoms with E-state index in [1.54, 1.807) is 12.1 Å². The van der Waals surface area contributed by atoms with Gasteiger partial charge in [-0.15, -0.1) is 0 Å². The number of nitrogens with one attached hydrogen (secondary N) is 1. The molecule has 0 bridgehead atoms. The van der Waals surface area contributed by atoms with E-state index in [0.29, 0.717) is 22.5 Å². The number of hydrogen-bond acceptors (Lipinski definition) is 2. The average Bonchev–Trinajstić information content (AvgIpc) is 2.49. The SMILES string of the molecule is CCCN(C(=O)Cc1ccc(Cl)c(Cl)c1)C1CCNCC1. The molecule has 1 heterocycles. The molecule has 1 amide bonds. The summed E-state index contributed by atoms with van der Waals surface area (Å²) in [6.45, 7) is 4.92. The normalized spacial score (nSPS) is 16.0. The number of nitrogens with zero attached hydrogens (tertiary/aromatic N) is 1. The van der Waals surface area contributed by atoms with Crippen molar-refractivity contribution in [3.63, 3.8) is 0 Å². The first-order valence-corrected chi connectivity index (χ1v) is 8.31. The van der Waals surface area contributed by atoms with Gasteiger partial charge in [-0.2, -0.15) is 0 Å². The van der Waals surface area contributed by atoms with Crippen LogP contribution in [0.25, 0.3) is 0 Å². The van der Waals surface area contributed by atoms with Crippen LogP contribution >= 0.6 is 23.2 Å². The van der Waals surface area contributed by atoms with Crippen molar-refractivity contribution < 1.29 is 4.79 Å². The Balaban J connectivity index is 2.05. The summed E-state index contributed by atoms with van der Waals surface area (Å²) in [7, 11) is 0. The van der Waals surface area contributed by atoms with E-state index in [-0.39, 0.29) is 5.91 Å². The van der Waals surface area contributed by atoms with Gasteiger partial charge in [-0.25, -0.2) is 0 Å². The third-order valence-electron chi connectivity index (χ3n) is 3.87. The van der Waals surface area contributed by atoms with Crippen LogP contribution in [0, 0.1) is 0 Å². The highest BCUT2D eigenvalue weighted by Crippen LogP contribution is 2.23. The summed E-state index contributed by atoms with van der Waals surface area (Å²) in [6.07, 6.45) is 3.44. The first-order chi connectivity index (χ1) is 10.1. The lowest BCUT2D eigenvalue weighted by molar-refractivity contribution is -0.133. The summed E-state index contributed by atoms with van der Waals surface area (Å²) >= 11 is 11.9. The number of hydrogen-bond donors (Lipinski definition) is 1. The smallest absolute Gasteiger partial charge is 0.227 e. The molecule has 0 unspecified atom stereocenters. The van der Waals surface area contributed by atoms with Gasteiger partial charge in [0.1, 0.15) is 0 Å². The number of piperidine rings is 1. The lowest BCUT2D eigenvalue weighted by Crippen LogP contribution is -2.47. The summed E-state index contributed by atoms with van der Waals surface area (Å²) in [5.74, 6) is 0.183. The van der Waals surface area contributed by atoms with E-state index in [0.717, 1.165) is 44.5 Å². The maximum atomic E-state index is 12.6. The van der Waals surface area contributed by atoms with Gasteiger partial charge in [-0.05, 0) is 50.0 Å². The molecular weight excluding hydrogens is 307 g/mol. The number of rotatable bonds is 5. The molecule has 0 radical (unpaired) electrons. The molecule has 0 aliphatic carbocycles. The first kappa shape index (κ1) is 16.6. The summed E-state index contributed by atoms with van der Waals surface area (Å²) < 4.78 is 0. The number of carbonyl (C=O) groups excluding carboxylic acids is 1. The highest BCUT2D eigenvalue weighted by atomic mass is 35.5. The molecule has 1 aromatic rings. The molecule has 0 atom stereocenters. The van der Waals surface area contributed by atoms with Gasteiger partial charge in [0.25, 0.3) is 0 Å². The maximum absolute atomic E-state index is 12.6. The van der Waals surface area contributed by atoms with Gasteiger partial charge in [0, 0.05) is 12.6 Å². The Labute approximate surface area is 136 Å². The van der Waals surface area contributed by atoms with E-state index >= 15 is 0 Å². The van der Waals surface area contributed by atoms with Crippen LogP contribution in [0.1, 0.15) is 31.7 Å². The summed E-state index contributed by atoms with van der Waals surface area (Å²) in [5.41, 5.74) is 0.921. The zero-order valence-electron chi connectivity index (χ0n) is 12.4. The topological polar surface area (TPSA) is 32.3 Å². The van der Waals surface area contributed by atoms with Crippen LogP contribution in [0.3, 0.4) is 0 Å². The zero-order valence-corrected chi connectivity index (χ0v) is 13.9. The molecule has 0 aromatic heterocycles. The Morgan fingerprint density at radius 2 is 2.00 bits per heavy atom. The average molecular weight is 329 g/mol. The largest absolute Gasteiger partial charge is 0.339 e. The van der Waals surface area contributed by atoms with Gasteiger partial charge < -0.3 is 10.2 Å². The third-order valence-corrected chi connectivity index (χ3v) is 4.61. The molecule has 1 aliphatic heterocycles. The summed E-state index contributed by atoms with van der Waals surface area (Å²) in [4.78, 5) is 14.7. The van der Waals surface area contributed by atoms with Gasteiger partial charge in [-0.1, -0.05) is 36.2 Å². The van der Waals surface area contributed by atoms with Crippen LogP contribution in [0.5, 0.6) is 0 Å². The van der Waals surface area contributed by atoms with Gasteiger partial charge in [0.15, 0.2) is 0 Å². The minimum atomic E-state index is 0.183. The standard InChI is InChI=1S/C16H22Cl2N2O/c1-2-9-20(13-5-7-19-8-6-13)16(21)11-12-3-4-14(17)15(18)10-12/h3-4,10,13,19H,2,5-9,11H2,1H3. The molecule has 116 valence electrons. The van der Waals surface area contributed by atoms with Crippen molar-refractivity contribution >= 4 is 29.1 Å². The molecule has 0 spiro atoms. The van der Waals surface area contributed by atoms with Gasteiger partial charge in [0.2, 0.25) is 5.91 Å². The third kappa shape index (κ3) is 4.60. The highest BCUT2D eigenvalue weighted by molar-refractivity contribution is 6.42. The maximum Gasteiger partial charge on any atom is 0.227 e. The number of carbonyl (C=O) groups is 1. The molecular formula is C16H22Cl2N2O. The molecule has 1 saturated heterocycles. The fourth-order valence-corrected chi connectivity index (χ4v) is 3.12. The monoisotopic (exact) mass is 328 g/mol. The van der Waals surface area contributed by atoms with Crippen molar-refractivity contribution in [2.45, 2.75) is 38.6 Å². The fraction of sp³-hybridized carbons (Fsp3) is 0.562. The summed E-state index contributed by atoms with van der Waals surface area (Å²) in [6, 6.07) is 5.77. The van der Waals surface area contributed by atoms with Crippen molar-refractivity contribution in [3.05, 3.63) is 33.8 Å². The molecule has 3 nitrogen and oxygen atoms in total. The van der Waals surface area contributed by atoms with Crippen LogP contribution in [0.15, 0.2) is 18.2 Å². The van der Waals surface area contributed by atoms with Crippen molar-refractivity contribution in [1.29, 1.82) is 0 Å². The van der Waals surface area contributed by atoms with E-state index in [4.69, 9.17) is 23.2 Å². The van der Waals surface area contributed by atoms with Gasteiger partial charge in [0.05, 0.1) is 16.5 Å². The second-order valence-corrected chi connectivity index (χ2v) is 6.31. The second-order valence-electron chi connectivity index (χ2n) is 5.49. The number of amides is 1. The van der Waals surface area contributed by atoms with E-state index in [1.165, 1.54) is 0 Å². The molecule has 21 heavy (non-hydrogen) atoms. The molecule has 1 N–H and O–H groups in total. The second kappa shape index (κ2) is 8.02. The number of halogens is 2. The molecule has 1 aromatic carbocycles. The van der Waals surface area contributed by atoms with Gasteiger partial charge >= 0.3 is 0 Å². The molecule has 1 aliphatic rings. The molecule has 2 rings (SSSR count).